The fourth-order valence-electron chi connectivity index (χ4n) is 2.00. The van der Waals surface area contributed by atoms with Crippen molar-refractivity contribution in [2.45, 2.75) is 26.3 Å². The summed E-state index contributed by atoms with van der Waals surface area (Å²) < 4.78 is 0. The molecule has 0 radical (unpaired) electrons. The van der Waals surface area contributed by atoms with Crippen molar-refractivity contribution in [3.05, 3.63) is 52.2 Å². The zero-order valence-electron chi connectivity index (χ0n) is 12.1. The maximum atomic E-state index is 12.0. The summed E-state index contributed by atoms with van der Waals surface area (Å²) in [5.41, 5.74) is 1.65. The van der Waals surface area contributed by atoms with E-state index in [1.165, 1.54) is 6.92 Å². The van der Waals surface area contributed by atoms with Crippen LogP contribution in [0.15, 0.2) is 41.8 Å². The van der Waals surface area contributed by atoms with Gasteiger partial charge in [0, 0.05) is 17.5 Å². The van der Waals surface area contributed by atoms with Gasteiger partial charge in [0.2, 0.25) is 11.8 Å². The minimum Gasteiger partial charge on any atom is -0.348 e. The molecule has 5 heteroatoms. The van der Waals surface area contributed by atoms with Gasteiger partial charge in [-0.3, -0.25) is 9.59 Å². The third-order valence-corrected chi connectivity index (χ3v) is 4.04. The van der Waals surface area contributed by atoms with Crippen LogP contribution in [-0.4, -0.2) is 11.8 Å². The van der Waals surface area contributed by atoms with E-state index in [1.54, 1.807) is 23.5 Å². The molecule has 2 rings (SSSR count). The summed E-state index contributed by atoms with van der Waals surface area (Å²) in [7, 11) is 0. The number of amides is 2. The lowest BCUT2D eigenvalue weighted by molar-refractivity contribution is -0.121. The van der Waals surface area contributed by atoms with Crippen LogP contribution in [0.4, 0.5) is 5.69 Å². The van der Waals surface area contributed by atoms with E-state index in [0.29, 0.717) is 6.42 Å². The second-order valence-electron chi connectivity index (χ2n) is 4.86. The van der Waals surface area contributed by atoms with Gasteiger partial charge in [-0.1, -0.05) is 18.2 Å². The molecule has 0 aliphatic carbocycles. The SMILES string of the molecule is CC(=O)Nc1ccc(CC(=O)N[C@H](C)c2cccs2)cc1. The maximum Gasteiger partial charge on any atom is 0.224 e. The van der Waals surface area contributed by atoms with Crippen molar-refractivity contribution in [1.82, 2.24) is 5.32 Å². The highest BCUT2D eigenvalue weighted by atomic mass is 32.1. The average Bonchev–Trinajstić information content (AvgIpc) is 2.94. The number of hydrogen-bond donors (Lipinski definition) is 2. The van der Waals surface area contributed by atoms with Crippen LogP contribution in [-0.2, 0) is 16.0 Å². The molecule has 21 heavy (non-hydrogen) atoms. The molecule has 1 atom stereocenters. The molecule has 0 fully saturated rings. The number of anilines is 1. The van der Waals surface area contributed by atoms with Crippen LogP contribution >= 0.6 is 11.3 Å². The molecule has 0 saturated heterocycles. The topological polar surface area (TPSA) is 58.2 Å². The van der Waals surface area contributed by atoms with Crippen molar-refractivity contribution in [3.63, 3.8) is 0 Å². The smallest absolute Gasteiger partial charge is 0.224 e. The fourth-order valence-corrected chi connectivity index (χ4v) is 2.73. The number of benzene rings is 1. The standard InChI is InChI=1S/C16H18N2O2S/c1-11(15-4-3-9-21-15)17-16(20)10-13-5-7-14(8-6-13)18-12(2)19/h3-9,11H,10H2,1-2H3,(H,17,20)(H,18,19)/t11-/m1/s1. The molecule has 0 aliphatic rings. The second-order valence-corrected chi connectivity index (χ2v) is 5.84. The quantitative estimate of drug-likeness (QED) is 0.891. The molecule has 1 aromatic heterocycles. The summed E-state index contributed by atoms with van der Waals surface area (Å²) in [6.07, 6.45) is 0.329. The maximum absolute atomic E-state index is 12.0. The zero-order chi connectivity index (χ0) is 15.2. The van der Waals surface area contributed by atoms with Crippen molar-refractivity contribution < 1.29 is 9.59 Å². The van der Waals surface area contributed by atoms with Gasteiger partial charge in [-0.15, -0.1) is 11.3 Å². The van der Waals surface area contributed by atoms with Gasteiger partial charge in [0.15, 0.2) is 0 Å². The lowest BCUT2D eigenvalue weighted by atomic mass is 10.1. The summed E-state index contributed by atoms with van der Waals surface area (Å²) in [5, 5.41) is 7.68. The van der Waals surface area contributed by atoms with E-state index < -0.39 is 0 Å². The Morgan fingerprint density at radius 1 is 1.19 bits per heavy atom. The monoisotopic (exact) mass is 302 g/mol. The van der Waals surface area contributed by atoms with Crippen LogP contribution in [0.3, 0.4) is 0 Å². The largest absolute Gasteiger partial charge is 0.348 e. The Morgan fingerprint density at radius 2 is 1.90 bits per heavy atom. The van der Waals surface area contributed by atoms with Crippen molar-refractivity contribution in [3.8, 4) is 0 Å². The van der Waals surface area contributed by atoms with Gasteiger partial charge in [-0.25, -0.2) is 0 Å². The predicted octanol–water partition coefficient (Wildman–Crippen LogP) is 3.13. The number of nitrogens with one attached hydrogen (secondary N) is 2. The number of hydrogen-bond acceptors (Lipinski definition) is 3. The van der Waals surface area contributed by atoms with Crippen LogP contribution < -0.4 is 10.6 Å². The minimum atomic E-state index is -0.106. The number of carbonyl (C=O) groups excluding carboxylic acids is 2. The Morgan fingerprint density at radius 3 is 2.48 bits per heavy atom. The molecule has 2 aromatic rings. The highest BCUT2D eigenvalue weighted by molar-refractivity contribution is 7.10. The Kier molecular flexibility index (Phi) is 5.11. The first-order valence-electron chi connectivity index (χ1n) is 6.74. The van der Waals surface area contributed by atoms with Gasteiger partial charge in [0.25, 0.3) is 0 Å². The van der Waals surface area contributed by atoms with E-state index in [1.807, 2.05) is 36.6 Å². The van der Waals surface area contributed by atoms with Gasteiger partial charge >= 0.3 is 0 Å². The molecule has 110 valence electrons. The van der Waals surface area contributed by atoms with E-state index in [2.05, 4.69) is 10.6 Å². The van der Waals surface area contributed by atoms with Crippen molar-refractivity contribution in [1.29, 1.82) is 0 Å². The molecule has 1 heterocycles. The van der Waals surface area contributed by atoms with E-state index in [-0.39, 0.29) is 17.9 Å². The summed E-state index contributed by atoms with van der Waals surface area (Å²) >= 11 is 1.63. The van der Waals surface area contributed by atoms with Crippen LogP contribution in [0, 0.1) is 0 Å². The first kappa shape index (κ1) is 15.3. The Balaban J connectivity index is 1.89. The lowest BCUT2D eigenvalue weighted by Gasteiger charge is -2.12. The Hall–Kier alpha value is -2.14. The van der Waals surface area contributed by atoms with E-state index in [0.717, 1.165) is 16.1 Å². The molecule has 1 aromatic carbocycles. The van der Waals surface area contributed by atoms with E-state index >= 15 is 0 Å². The first-order chi connectivity index (χ1) is 10.0. The van der Waals surface area contributed by atoms with Crippen molar-refractivity contribution in [2.24, 2.45) is 0 Å². The summed E-state index contributed by atoms with van der Waals surface area (Å²) in [6.45, 7) is 3.44. The molecule has 0 spiro atoms. The Bertz CT molecular complexity index is 606. The molecule has 0 bridgehead atoms. The zero-order valence-corrected chi connectivity index (χ0v) is 12.9. The lowest BCUT2D eigenvalue weighted by Crippen LogP contribution is -2.27. The van der Waals surface area contributed by atoms with Crippen LogP contribution in [0.5, 0.6) is 0 Å². The van der Waals surface area contributed by atoms with Gasteiger partial charge < -0.3 is 10.6 Å². The first-order valence-corrected chi connectivity index (χ1v) is 7.62. The summed E-state index contributed by atoms with van der Waals surface area (Å²) in [5.74, 6) is -0.117. The summed E-state index contributed by atoms with van der Waals surface area (Å²) in [6, 6.07) is 11.3. The third kappa shape index (κ3) is 4.72. The molecule has 0 aliphatic heterocycles. The molecular formula is C16H18N2O2S. The van der Waals surface area contributed by atoms with Gasteiger partial charge in [-0.05, 0) is 36.1 Å². The Labute approximate surface area is 128 Å². The fraction of sp³-hybridized carbons (Fsp3) is 0.250. The number of thiophene rings is 1. The molecule has 4 nitrogen and oxygen atoms in total. The molecule has 0 saturated carbocycles. The minimum absolute atomic E-state index is 0.0109. The number of carbonyl (C=O) groups is 2. The molecular weight excluding hydrogens is 284 g/mol. The average molecular weight is 302 g/mol. The molecule has 2 N–H and O–H groups in total. The highest BCUT2D eigenvalue weighted by Gasteiger charge is 2.10. The van der Waals surface area contributed by atoms with Crippen molar-refractivity contribution in [2.75, 3.05) is 5.32 Å². The molecule has 2 amide bonds. The van der Waals surface area contributed by atoms with E-state index in [4.69, 9.17) is 0 Å². The van der Waals surface area contributed by atoms with Crippen LogP contribution in [0.1, 0.15) is 30.3 Å². The van der Waals surface area contributed by atoms with Crippen LogP contribution in [0.25, 0.3) is 0 Å². The van der Waals surface area contributed by atoms with Gasteiger partial charge in [-0.2, -0.15) is 0 Å². The normalized spacial score (nSPS) is 11.7. The molecule has 0 unspecified atom stereocenters. The second kappa shape index (κ2) is 7.04. The van der Waals surface area contributed by atoms with E-state index in [9.17, 15) is 9.59 Å². The van der Waals surface area contributed by atoms with Gasteiger partial charge in [0.05, 0.1) is 12.5 Å². The van der Waals surface area contributed by atoms with Gasteiger partial charge in [0.1, 0.15) is 0 Å². The van der Waals surface area contributed by atoms with Crippen LogP contribution in [0.2, 0.25) is 0 Å². The van der Waals surface area contributed by atoms with Crippen molar-refractivity contribution >= 4 is 28.8 Å². The number of rotatable bonds is 5. The summed E-state index contributed by atoms with van der Waals surface area (Å²) in [4.78, 5) is 24.1. The third-order valence-electron chi connectivity index (χ3n) is 2.99. The highest BCUT2D eigenvalue weighted by Crippen LogP contribution is 2.18. The predicted molar refractivity (Wildman–Crippen MR) is 85.3 cm³/mol.